The largest absolute Gasteiger partial charge is 0.342 e. The van der Waals surface area contributed by atoms with Gasteiger partial charge in [-0.3, -0.25) is 14.3 Å². The van der Waals surface area contributed by atoms with Crippen LogP contribution in [0.3, 0.4) is 0 Å². The topological polar surface area (TPSA) is 102 Å². The van der Waals surface area contributed by atoms with Gasteiger partial charge in [0.2, 0.25) is 5.95 Å². The lowest BCUT2D eigenvalue weighted by Gasteiger charge is -2.35. The van der Waals surface area contributed by atoms with Crippen molar-refractivity contribution in [2.75, 3.05) is 23.7 Å². The van der Waals surface area contributed by atoms with Crippen molar-refractivity contribution in [3.63, 3.8) is 0 Å². The maximum Gasteiger partial charge on any atom is 0.329 e. The van der Waals surface area contributed by atoms with Gasteiger partial charge in [-0.05, 0) is 25.2 Å². The van der Waals surface area contributed by atoms with Crippen molar-refractivity contribution in [3.05, 3.63) is 25.8 Å². The highest BCUT2D eigenvalue weighted by Gasteiger charge is 2.27. The number of nitrogens with one attached hydrogen (secondary N) is 1. The molecular weight excluding hydrogens is 410 g/mol. The molecule has 1 N–H and O–H groups in total. The molecule has 1 aliphatic heterocycles. The number of piperidine rings is 1. The van der Waals surface area contributed by atoms with Gasteiger partial charge in [-0.1, -0.05) is 36.9 Å². The second kappa shape index (κ2) is 7.94. The Labute approximate surface area is 176 Å². The summed E-state index contributed by atoms with van der Waals surface area (Å²) in [6.07, 6.45) is 1.18. The van der Waals surface area contributed by atoms with Crippen LogP contribution in [0.4, 0.5) is 5.95 Å². The number of aryl methyl sites for hydroxylation is 3. The summed E-state index contributed by atoms with van der Waals surface area (Å²) in [5.74, 6) is 2.59. The minimum atomic E-state index is -0.446. The fraction of sp³-hybridized carbons (Fsp3) is 0.611. The molecule has 0 aliphatic carbocycles. The van der Waals surface area contributed by atoms with Gasteiger partial charge in [0.05, 0.1) is 0 Å². The molecule has 0 amide bonds. The van der Waals surface area contributed by atoms with E-state index in [9.17, 15) is 9.59 Å². The summed E-state index contributed by atoms with van der Waals surface area (Å²) in [7, 11) is 1.64. The van der Waals surface area contributed by atoms with Gasteiger partial charge in [0.25, 0.3) is 5.56 Å². The average Bonchev–Trinajstić information content (AvgIpc) is 3.23. The summed E-state index contributed by atoms with van der Waals surface area (Å²) in [4.78, 5) is 34.2. The average molecular weight is 436 g/mol. The number of imidazole rings is 1. The van der Waals surface area contributed by atoms with E-state index in [-0.39, 0.29) is 0 Å². The normalized spacial score (nSPS) is 19.9. The van der Waals surface area contributed by atoms with E-state index in [1.165, 1.54) is 11.0 Å². The molecule has 0 bridgehead atoms. The Balaban J connectivity index is 1.73. The van der Waals surface area contributed by atoms with Crippen LogP contribution in [0.1, 0.15) is 25.3 Å². The zero-order chi connectivity index (χ0) is 20.7. The summed E-state index contributed by atoms with van der Waals surface area (Å²) in [5, 5.41) is 9.14. The van der Waals surface area contributed by atoms with E-state index >= 15 is 0 Å². The fourth-order valence-electron chi connectivity index (χ4n) is 4.06. The molecule has 29 heavy (non-hydrogen) atoms. The monoisotopic (exact) mass is 435 g/mol. The Morgan fingerprint density at radius 1 is 1.21 bits per heavy atom. The van der Waals surface area contributed by atoms with E-state index in [0.717, 1.165) is 34.1 Å². The number of thioether (sulfide) groups is 1. The highest BCUT2D eigenvalue weighted by atomic mass is 32.2. The molecule has 1 aliphatic rings. The third kappa shape index (κ3) is 3.97. The third-order valence-corrected chi connectivity index (χ3v) is 7.14. The number of fused-ring (bicyclic) bond motifs is 1. The van der Waals surface area contributed by atoms with Crippen molar-refractivity contribution in [3.8, 4) is 0 Å². The first-order chi connectivity index (χ1) is 13.8. The van der Waals surface area contributed by atoms with E-state index in [2.05, 4.69) is 33.9 Å². The molecule has 3 aromatic rings. The van der Waals surface area contributed by atoms with Crippen molar-refractivity contribution in [2.24, 2.45) is 18.9 Å². The molecule has 2 atom stereocenters. The molecule has 0 spiro atoms. The lowest BCUT2D eigenvalue weighted by Crippen LogP contribution is -2.40. The highest BCUT2D eigenvalue weighted by Crippen LogP contribution is 2.29. The highest BCUT2D eigenvalue weighted by molar-refractivity contribution is 8.01. The van der Waals surface area contributed by atoms with Crippen LogP contribution in [0.5, 0.6) is 0 Å². The first-order valence-corrected chi connectivity index (χ1v) is 11.5. The Bertz CT molecular complexity index is 1140. The fourth-order valence-corrected chi connectivity index (χ4v) is 5.87. The van der Waals surface area contributed by atoms with Crippen molar-refractivity contribution in [2.45, 2.75) is 38.1 Å². The Hall–Kier alpha value is -2.14. The third-order valence-electron chi connectivity index (χ3n) is 5.19. The van der Waals surface area contributed by atoms with Gasteiger partial charge in [-0.15, -0.1) is 10.2 Å². The summed E-state index contributed by atoms with van der Waals surface area (Å²) in [5.41, 5.74) is 0.0351. The van der Waals surface area contributed by atoms with Crippen molar-refractivity contribution in [1.29, 1.82) is 0 Å². The molecule has 11 heteroatoms. The van der Waals surface area contributed by atoms with Gasteiger partial charge in [-0.25, -0.2) is 4.79 Å². The SMILES string of the molecule is Cc1nnc(SCCn2c(N3C[C@@H](C)C[C@H](C)C3)nc3c2c(=O)[nH]c(=O)n3C)s1. The second-order valence-electron chi connectivity index (χ2n) is 7.84. The van der Waals surface area contributed by atoms with Crippen LogP contribution in [0.25, 0.3) is 11.2 Å². The number of H-pyrrole nitrogens is 1. The molecular formula is C18H25N7O2S2. The first-order valence-electron chi connectivity index (χ1n) is 9.71. The lowest BCUT2D eigenvalue weighted by molar-refractivity contribution is 0.352. The van der Waals surface area contributed by atoms with E-state index in [1.54, 1.807) is 30.1 Å². The number of rotatable bonds is 5. The second-order valence-corrected chi connectivity index (χ2v) is 10.4. The molecule has 1 saturated heterocycles. The van der Waals surface area contributed by atoms with Gasteiger partial charge < -0.3 is 9.47 Å². The number of nitrogens with zero attached hydrogens (tertiary/aromatic N) is 6. The molecule has 1 fully saturated rings. The molecule has 3 aromatic heterocycles. The van der Waals surface area contributed by atoms with Gasteiger partial charge in [-0.2, -0.15) is 4.98 Å². The standard InChI is InChI=1S/C18H25N7O2S2/c1-10-7-11(2)9-24(8-10)16-19-14-13(15(26)20-17(27)23(14)4)25(16)5-6-28-18-22-21-12(3)29-18/h10-11H,5-9H2,1-4H3,(H,20,26,27)/t10-,11-/m0/s1. The van der Waals surface area contributed by atoms with E-state index in [0.29, 0.717) is 29.5 Å². The predicted molar refractivity (Wildman–Crippen MR) is 116 cm³/mol. The number of anilines is 1. The Morgan fingerprint density at radius 3 is 2.59 bits per heavy atom. The van der Waals surface area contributed by atoms with Crippen molar-refractivity contribution >= 4 is 40.2 Å². The number of aromatic nitrogens is 6. The van der Waals surface area contributed by atoms with Gasteiger partial charge >= 0.3 is 5.69 Å². The van der Waals surface area contributed by atoms with Crippen LogP contribution >= 0.6 is 23.1 Å². The lowest BCUT2D eigenvalue weighted by atomic mass is 9.92. The Kier molecular flexibility index (Phi) is 5.52. The van der Waals surface area contributed by atoms with Crippen LogP contribution < -0.4 is 16.1 Å². The van der Waals surface area contributed by atoms with Gasteiger partial charge in [0, 0.05) is 32.4 Å². The molecule has 0 unspecified atom stereocenters. The zero-order valence-corrected chi connectivity index (χ0v) is 18.6. The van der Waals surface area contributed by atoms with Gasteiger partial charge in [0.15, 0.2) is 15.5 Å². The van der Waals surface area contributed by atoms with Gasteiger partial charge in [0.1, 0.15) is 5.01 Å². The molecule has 0 saturated carbocycles. The molecule has 4 heterocycles. The minimum absolute atomic E-state index is 0.392. The first kappa shape index (κ1) is 20.1. The van der Waals surface area contributed by atoms with E-state index < -0.39 is 11.2 Å². The smallest absolute Gasteiger partial charge is 0.329 e. The van der Waals surface area contributed by atoms with Crippen LogP contribution in [0.15, 0.2) is 13.9 Å². The van der Waals surface area contributed by atoms with Crippen LogP contribution in [-0.4, -0.2) is 48.1 Å². The summed E-state index contributed by atoms with van der Waals surface area (Å²) < 4.78 is 4.28. The van der Waals surface area contributed by atoms with Crippen LogP contribution in [0.2, 0.25) is 0 Å². The van der Waals surface area contributed by atoms with E-state index in [4.69, 9.17) is 4.98 Å². The zero-order valence-electron chi connectivity index (χ0n) is 17.0. The molecule has 4 rings (SSSR count). The van der Waals surface area contributed by atoms with Crippen molar-refractivity contribution < 1.29 is 0 Å². The van der Waals surface area contributed by atoms with E-state index in [1.807, 2.05) is 11.5 Å². The number of aromatic amines is 1. The summed E-state index contributed by atoms with van der Waals surface area (Å²) in [6, 6.07) is 0. The minimum Gasteiger partial charge on any atom is -0.342 e. The van der Waals surface area contributed by atoms with Crippen LogP contribution in [0, 0.1) is 18.8 Å². The molecule has 0 radical (unpaired) electrons. The maximum absolute atomic E-state index is 12.7. The molecule has 9 nitrogen and oxygen atoms in total. The Morgan fingerprint density at radius 2 is 1.93 bits per heavy atom. The maximum atomic E-state index is 12.7. The summed E-state index contributed by atoms with van der Waals surface area (Å²) in [6.45, 7) is 8.79. The quantitative estimate of drug-likeness (QED) is 0.610. The van der Waals surface area contributed by atoms with Crippen molar-refractivity contribution in [1.82, 2.24) is 29.3 Å². The number of hydrogen-bond donors (Lipinski definition) is 1. The predicted octanol–water partition coefficient (Wildman–Crippen LogP) is 1.86. The molecule has 156 valence electrons. The molecule has 0 aromatic carbocycles. The summed E-state index contributed by atoms with van der Waals surface area (Å²) >= 11 is 3.18. The van der Waals surface area contributed by atoms with Crippen LogP contribution in [-0.2, 0) is 13.6 Å². The number of hydrogen-bond acceptors (Lipinski definition) is 8.